The van der Waals surface area contributed by atoms with Crippen molar-refractivity contribution in [1.29, 1.82) is 0 Å². The van der Waals surface area contributed by atoms with Gasteiger partial charge in [0.1, 0.15) is 11.6 Å². The van der Waals surface area contributed by atoms with E-state index in [1.807, 2.05) is 6.92 Å². The minimum atomic E-state index is -0.365. The van der Waals surface area contributed by atoms with E-state index < -0.39 is 0 Å². The van der Waals surface area contributed by atoms with Crippen molar-refractivity contribution in [2.75, 3.05) is 18.6 Å². The molecule has 0 radical (unpaired) electrons. The van der Waals surface area contributed by atoms with E-state index in [2.05, 4.69) is 0 Å². The number of anilines is 1. The molecule has 32 heavy (non-hydrogen) atoms. The Labute approximate surface area is 185 Å². The topological polar surface area (TPSA) is 51.5 Å². The molecule has 0 unspecified atom stereocenters. The van der Waals surface area contributed by atoms with Crippen LogP contribution in [0.1, 0.15) is 23.7 Å². The lowest BCUT2D eigenvalue weighted by Crippen LogP contribution is -2.33. The lowest BCUT2D eigenvalue weighted by molar-refractivity contribution is 0.0988. The smallest absolute Gasteiger partial charge is 0.262 e. The number of pyridine rings is 1. The molecule has 0 aliphatic rings. The van der Waals surface area contributed by atoms with E-state index in [1.165, 1.54) is 16.7 Å². The van der Waals surface area contributed by atoms with E-state index >= 15 is 0 Å². The summed E-state index contributed by atoms with van der Waals surface area (Å²) >= 11 is 0. The SMILES string of the molecule is CCCN(C(=O)c1cn(-c2ccc(OC)cc2)c(=O)c2ccccc12)c1ccc(F)cc1. The molecule has 1 amide bonds. The van der Waals surface area contributed by atoms with Gasteiger partial charge in [-0.3, -0.25) is 14.2 Å². The average Bonchev–Trinajstić information content (AvgIpc) is 2.83. The minimum Gasteiger partial charge on any atom is -0.497 e. The number of fused-ring (bicyclic) bond motifs is 1. The van der Waals surface area contributed by atoms with Gasteiger partial charge in [-0.05, 0) is 61.0 Å². The second-order valence-electron chi connectivity index (χ2n) is 7.39. The van der Waals surface area contributed by atoms with Gasteiger partial charge in [0.15, 0.2) is 0 Å². The molecule has 0 aliphatic carbocycles. The molecule has 0 bridgehead atoms. The molecule has 0 aliphatic heterocycles. The number of halogens is 1. The first-order valence-corrected chi connectivity index (χ1v) is 10.4. The molecule has 162 valence electrons. The molecule has 4 rings (SSSR count). The van der Waals surface area contributed by atoms with Crippen molar-refractivity contribution in [1.82, 2.24) is 4.57 Å². The van der Waals surface area contributed by atoms with Crippen molar-refractivity contribution in [3.8, 4) is 11.4 Å². The van der Waals surface area contributed by atoms with Crippen molar-refractivity contribution in [3.05, 3.63) is 101 Å². The van der Waals surface area contributed by atoms with Crippen molar-refractivity contribution < 1.29 is 13.9 Å². The van der Waals surface area contributed by atoms with Crippen LogP contribution in [0.5, 0.6) is 5.75 Å². The summed E-state index contributed by atoms with van der Waals surface area (Å²) in [4.78, 5) is 28.6. The molecule has 4 aromatic rings. The van der Waals surface area contributed by atoms with Crippen LogP contribution in [0.15, 0.2) is 83.8 Å². The third-order valence-electron chi connectivity index (χ3n) is 5.34. The normalized spacial score (nSPS) is 10.8. The van der Waals surface area contributed by atoms with Gasteiger partial charge in [0.05, 0.1) is 12.7 Å². The number of benzene rings is 3. The Hall–Kier alpha value is -3.93. The quantitative estimate of drug-likeness (QED) is 0.423. The van der Waals surface area contributed by atoms with Crippen LogP contribution in [0.2, 0.25) is 0 Å². The highest BCUT2D eigenvalue weighted by molar-refractivity contribution is 6.13. The Morgan fingerprint density at radius 1 is 0.969 bits per heavy atom. The highest BCUT2D eigenvalue weighted by atomic mass is 19.1. The summed E-state index contributed by atoms with van der Waals surface area (Å²) < 4.78 is 20.1. The molecule has 1 aromatic heterocycles. The van der Waals surface area contributed by atoms with Crippen LogP contribution in [-0.2, 0) is 0 Å². The largest absolute Gasteiger partial charge is 0.497 e. The average molecular weight is 430 g/mol. The zero-order chi connectivity index (χ0) is 22.7. The maximum atomic E-state index is 13.7. The number of rotatable bonds is 6. The molecular weight excluding hydrogens is 407 g/mol. The van der Waals surface area contributed by atoms with Gasteiger partial charge < -0.3 is 9.64 Å². The molecule has 0 saturated heterocycles. The Morgan fingerprint density at radius 3 is 2.25 bits per heavy atom. The highest BCUT2D eigenvalue weighted by Gasteiger charge is 2.22. The van der Waals surface area contributed by atoms with Crippen molar-refractivity contribution >= 4 is 22.4 Å². The summed E-state index contributed by atoms with van der Waals surface area (Å²) in [5.41, 5.74) is 1.41. The van der Waals surface area contributed by atoms with Crippen molar-refractivity contribution in [2.45, 2.75) is 13.3 Å². The Balaban J connectivity index is 1.90. The monoisotopic (exact) mass is 430 g/mol. The third-order valence-corrected chi connectivity index (χ3v) is 5.34. The molecular formula is C26H23FN2O3. The fraction of sp³-hybridized carbons (Fsp3) is 0.154. The van der Waals surface area contributed by atoms with Gasteiger partial charge in [-0.15, -0.1) is 0 Å². The summed E-state index contributed by atoms with van der Waals surface area (Å²) in [7, 11) is 1.58. The maximum Gasteiger partial charge on any atom is 0.262 e. The fourth-order valence-electron chi connectivity index (χ4n) is 3.73. The maximum absolute atomic E-state index is 13.7. The molecule has 6 heteroatoms. The van der Waals surface area contributed by atoms with Crippen LogP contribution < -0.4 is 15.2 Å². The predicted octanol–water partition coefficient (Wildman–Crippen LogP) is 5.20. The van der Waals surface area contributed by atoms with E-state index in [-0.39, 0.29) is 17.3 Å². The number of aromatic nitrogens is 1. The van der Waals surface area contributed by atoms with Gasteiger partial charge in [0.25, 0.3) is 11.5 Å². The Kier molecular flexibility index (Phi) is 6.03. The highest BCUT2D eigenvalue weighted by Crippen LogP contribution is 2.24. The molecule has 0 N–H and O–H groups in total. The van der Waals surface area contributed by atoms with Gasteiger partial charge in [0.2, 0.25) is 0 Å². The fourth-order valence-corrected chi connectivity index (χ4v) is 3.73. The lowest BCUT2D eigenvalue weighted by Gasteiger charge is -2.23. The standard InChI is InChI=1S/C26H23FN2O3/c1-3-16-28(19-10-8-18(27)9-11-19)26(31)24-17-29(20-12-14-21(32-2)15-13-20)25(30)23-7-5-4-6-22(23)24/h4-15,17H,3,16H2,1-2H3. The van der Waals surface area contributed by atoms with Gasteiger partial charge in [-0.25, -0.2) is 4.39 Å². The summed E-state index contributed by atoms with van der Waals surface area (Å²) in [5, 5.41) is 1.03. The molecule has 3 aromatic carbocycles. The van der Waals surface area contributed by atoms with Crippen LogP contribution >= 0.6 is 0 Å². The van der Waals surface area contributed by atoms with Crippen LogP contribution in [-0.4, -0.2) is 24.1 Å². The second kappa shape index (κ2) is 9.06. The summed E-state index contributed by atoms with van der Waals surface area (Å²) in [6, 6.07) is 20.0. The summed E-state index contributed by atoms with van der Waals surface area (Å²) in [6.07, 6.45) is 2.31. The van der Waals surface area contributed by atoms with Gasteiger partial charge in [0, 0.05) is 34.9 Å². The number of amides is 1. The van der Waals surface area contributed by atoms with E-state index in [1.54, 1.807) is 78.9 Å². The third kappa shape index (κ3) is 3.99. The second-order valence-corrected chi connectivity index (χ2v) is 7.39. The van der Waals surface area contributed by atoms with E-state index in [4.69, 9.17) is 4.74 Å². The van der Waals surface area contributed by atoms with Gasteiger partial charge in [-0.2, -0.15) is 0 Å². The van der Waals surface area contributed by atoms with Crippen LogP contribution in [0, 0.1) is 5.82 Å². The number of ether oxygens (including phenoxy) is 1. The van der Waals surface area contributed by atoms with Gasteiger partial charge in [-0.1, -0.05) is 25.1 Å². The zero-order valence-corrected chi connectivity index (χ0v) is 17.9. The first kappa shape index (κ1) is 21.3. The van der Waals surface area contributed by atoms with Crippen LogP contribution in [0.3, 0.4) is 0 Å². The van der Waals surface area contributed by atoms with E-state index in [9.17, 15) is 14.0 Å². The van der Waals surface area contributed by atoms with Crippen molar-refractivity contribution in [2.24, 2.45) is 0 Å². The summed E-state index contributed by atoms with van der Waals surface area (Å²) in [5.74, 6) is 0.0531. The number of hydrogen-bond donors (Lipinski definition) is 0. The van der Waals surface area contributed by atoms with Gasteiger partial charge >= 0.3 is 0 Å². The first-order chi connectivity index (χ1) is 15.5. The minimum absolute atomic E-state index is 0.217. The van der Waals surface area contributed by atoms with Crippen molar-refractivity contribution in [3.63, 3.8) is 0 Å². The molecule has 0 atom stereocenters. The van der Waals surface area contributed by atoms with E-state index in [0.717, 1.165) is 6.42 Å². The molecule has 1 heterocycles. The number of carbonyl (C=O) groups excluding carboxylic acids is 1. The van der Waals surface area contributed by atoms with Crippen LogP contribution in [0.4, 0.5) is 10.1 Å². The zero-order valence-electron chi connectivity index (χ0n) is 17.9. The molecule has 0 fully saturated rings. The molecule has 0 spiro atoms. The lowest BCUT2D eigenvalue weighted by atomic mass is 10.1. The first-order valence-electron chi connectivity index (χ1n) is 10.4. The summed E-state index contributed by atoms with van der Waals surface area (Å²) in [6.45, 7) is 2.43. The van der Waals surface area contributed by atoms with E-state index in [0.29, 0.717) is 40.0 Å². The number of hydrogen-bond acceptors (Lipinski definition) is 3. The predicted molar refractivity (Wildman–Crippen MR) is 124 cm³/mol. The number of nitrogens with zero attached hydrogens (tertiary/aromatic N) is 2. The Morgan fingerprint density at radius 2 is 1.62 bits per heavy atom. The Bertz CT molecular complexity index is 1310. The molecule has 0 saturated carbocycles. The molecule has 5 nitrogen and oxygen atoms in total. The number of methoxy groups -OCH3 is 1. The van der Waals surface area contributed by atoms with Crippen LogP contribution in [0.25, 0.3) is 16.5 Å². The number of carbonyl (C=O) groups is 1.